The molecule has 2 N–H and O–H groups in total. The van der Waals surface area contributed by atoms with Crippen LogP contribution in [0.2, 0.25) is 0 Å². The Kier molecular flexibility index (Phi) is 6.40. The molecule has 0 aliphatic rings. The van der Waals surface area contributed by atoms with Crippen LogP contribution < -0.4 is 10.5 Å². The predicted molar refractivity (Wildman–Crippen MR) is 83.1 cm³/mol. The Hall–Kier alpha value is -1.51. The lowest BCUT2D eigenvalue weighted by atomic mass is 10.0. The molecule has 0 fully saturated rings. The Morgan fingerprint density at radius 3 is 2.37 bits per heavy atom. The van der Waals surface area contributed by atoms with E-state index in [0.717, 1.165) is 12.2 Å². The molecule has 3 heteroatoms. The summed E-state index contributed by atoms with van der Waals surface area (Å²) in [7, 11) is 0. The summed E-state index contributed by atoms with van der Waals surface area (Å²) in [6, 6.07) is 16.7. The minimum Gasteiger partial charge on any atom is -0.494 e. The van der Waals surface area contributed by atoms with E-state index in [-0.39, 0.29) is 12.4 Å². The van der Waals surface area contributed by atoms with Crippen LogP contribution in [0.25, 0.3) is 11.1 Å². The first kappa shape index (κ1) is 15.5. The number of hydrogen-bond acceptors (Lipinski definition) is 2. The van der Waals surface area contributed by atoms with Crippen LogP contribution >= 0.6 is 12.4 Å². The Morgan fingerprint density at radius 1 is 1.00 bits per heavy atom. The van der Waals surface area contributed by atoms with Crippen molar-refractivity contribution in [3.8, 4) is 16.9 Å². The number of hydrogen-bond donors (Lipinski definition) is 1. The normalized spacial score (nSPS) is 9.79. The van der Waals surface area contributed by atoms with Crippen LogP contribution in [0, 0.1) is 0 Å². The van der Waals surface area contributed by atoms with Crippen LogP contribution in [-0.4, -0.2) is 13.2 Å². The fourth-order valence-corrected chi connectivity index (χ4v) is 2.01. The number of ether oxygens (including phenoxy) is 1. The van der Waals surface area contributed by atoms with E-state index in [1.807, 2.05) is 19.1 Å². The highest BCUT2D eigenvalue weighted by molar-refractivity contribution is 5.85. The maximum absolute atomic E-state index is 5.59. The summed E-state index contributed by atoms with van der Waals surface area (Å²) in [6.45, 7) is 3.37. The van der Waals surface area contributed by atoms with Gasteiger partial charge in [-0.05, 0) is 48.7 Å². The maximum Gasteiger partial charge on any atom is 0.119 e. The van der Waals surface area contributed by atoms with Gasteiger partial charge in [-0.15, -0.1) is 12.4 Å². The van der Waals surface area contributed by atoms with Crippen LogP contribution in [0.4, 0.5) is 0 Å². The van der Waals surface area contributed by atoms with Crippen molar-refractivity contribution < 1.29 is 4.74 Å². The zero-order valence-electron chi connectivity index (χ0n) is 11.1. The molecule has 102 valence electrons. The number of nitrogens with two attached hydrogens (primary N) is 1. The van der Waals surface area contributed by atoms with Gasteiger partial charge in [0, 0.05) is 0 Å². The van der Waals surface area contributed by atoms with E-state index in [1.54, 1.807) is 0 Å². The summed E-state index contributed by atoms with van der Waals surface area (Å²) in [5.74, 6) is 0.916. The minimum absolute atomic E-state index is 0. The summed E-state index contributed by atoms with van der Waals surface area (Å²) < 4.78 is 5.53. The first-order valence-corrected chi connectivity index (χ1v) is 6.35. The average molecular weight is 278 g/mol. The lowest BCUT2D eigenvalue weighted by Crippen LogP contribution is -2.02. The largest absolute Gasteiger partial charge is 0.494 e. The summed E-state index contributed by atoms with van der Waals surface area (Å²) >= 11 is 0. The SMILES string of the molecule is CCOc1cccc(-c2cccc(CCN)c2)c1.Cl. The molecule has 2 nitrogen and oxygen atoms in total. The summed E-state index contributed by atoms with van der Waals surface area (Å²) in [5.41, 5.74) is 9.26. The molecule has 0 spiro atoms. The molecular weight excluding hydrogens is 258 g/mol. The van der Waals surface area contributed by atoms with Gasteiger partial charge < -0.3 is 10.5 Å². The highest BCUT2D eigenvalue weighted by atomic mass is 35.5. The molecule has 0 unspecified atom stereocenters. The monoisotopic (exact) mass is 277 g/mol. The molecule has 0 aromatic heterocycles. The van der Waals surface area contributed by atoms with Gasteiger partial charge in [0.1, 0.15) is 5.75 Å². The van der Waals surface area contributed by atoms with Gasteiger partial charge >= 0.3 is 0 Å². The van der Waals surface area contributed by atoms with Crippen molar-refractivity contribution in [2.45, 2.75) is 13.3 Å². The topological polar surface area (TPSA) is 35.2 Å². The minimum atomic E-state index is 0. The number of benzene rings is 2. The molecule has 0 aliphatic carbocycles. The molecule has 0 atom stereocenters. The van der Waals surface area contributed by atoms with Gasteiger partial charge in [-0.3, -0.25) is 0 Å². The van der Waals surface area contributed by atoms with Crippen LogP contribution in [0.5, 0.6) is 5.75 Å². The maximum atomic E-state index is 5.59. The Morgan fingerprint density at radius 2 is 1.68 bits per heavy atom. The van der Waals surface area contributed by atoms with Gasteiger partial charge in [-0.1, -0.05) is 36.4 Å². The fourth-order valence-electron chi connectivity index (χ4n) is 2.01. The number of halogens is 1. The van der Waals surface area contributed by atoms with Crippen molar-refractivity contribution in [2.75, 3.05) is 13.2 Å². The summed E-state index contributed by atoms with van der Waals surface area (Å²) in [4.78, 5) is 0. The van der Waals surface area contributed by atoms with E-state index in [1.165, 1.54) is 16.7 Å². The van der Waals surface area contributed by atoms with Crippen LogP contribution in [0.15, 0.2) is 48.5 Å². The first-order chi connectivity index (χ1) is 8.83. The molecule has 0 bridgehead atoms. The van der Waals surface area contributed by atoms with Gasteiger partial charge in [-0.25, -0.2) is 0 Å². The van der Waals surface area contributed by atoms with Crippen LogP contribution in [-0.2, 0) is 6.42 Å². The lowest BCUT2D eigenvalue weighted by Gasteiger charge is -2.07. The lowest BCUT2D eigenvalue weighted by molar-refractivity contribution is 0.340. The van der Waals surface area contributed by atoms with Gasteiger partial charge in [0.05, 0.1) is 6.61 Å². The molecule has 2 aromatic carbocycles. The van der Waals surface area contributed by atoms with Crippen molar-refractivity contribution in [3.63, 3.8) is 0 Å². The van der Waals surface area contributed by atoms with Crippen LogP contribution in [0.1, 0.15) is 12.5 Å². The second-order valence-corrected chi connectivity index (χ2v) is 4.20. The zero-order chi connectivity index (χ0) is 12.8. The van der Waals surface area contributed by atoms with E-state index in [0.29, 0.717) is 13.2 Å². The molecule has 2 rings (SSSR count). The van der Waals surface area contributed by atoms with E-state index in [2.05, 4.69) is 36.4 Å². The Balaban J connectivity index is 0.00000180. The summed E-state index contributed by atoms with van der Waals surface area (Å²) in [5, 5.41) is 0. The first-order valence-electron chi connectivity index (χ1n) is 6.35. The third-order valence-corrected chi connectivity index (χ3v) is 2.84. The van der Waals surface area contributed by atoms with Crippen molar-refractivity contribution >= 4 is 12.4 Å². The third-order valence-electron chi connectivity index (χ3n) is 2.84. The number of rotatable bonds is 5. The third kappa shape index (κ3) is 4.27. The summed E-state index contributed by atoms with van der Waals surface area (Å²) in [6.07, 6.45) is 0.916. The van der Waals surface area contributed by atoms with Gasteiger partial charge in [-0.2, -0.15) is 0 Å². The molecule has 19 heavy (non-hydrogen) atoms. The van der Waals surface area contributed by atoms with Gasteiger partial charge in [0.2, 0.25) is 0 Å². The zero-order valence-corrected chi connectivity index (χ0v) is 12.0. The Bertz CT molecular complexity index is 466. The smallest absolute Gasteiger partial charge is 0.119 e. The molecule has 0 saturated carbocycles. The van der Waals surface area contributed by atoms with Crippen molar-refractivity contribution in [1.82, 2.24) is 0 Å². The standard InChI is InChI=1S/C16H19NO.ClH/c1-2-18-16-8-4-7-15(12-16)14-6-3-5-13(11-14)9-10-17;/h3-8,11-12H,2,9-10,17H2,1H3;1H. The quantitative estimate of drug-likeness (QED) is 0.905. The second kappa shape index (κ2) is 7.82. The van der Waals surface area contributed by atoms with Gasteiger partial charge in [0.25, 0.3) is 0 Å². The van der Waals surface area contributed by atoms with Crippen LogP contribution in [0.3, 0.4) is 0 Å². The van der Waals surface area contributed by atoms with E-state index in [4.69, 9.17) is 10.5 Å². The van der Waals surface area contributed by atoms with Crippen molar-refractivity contribution in [3.05, 3.63) is 54.1 Å². The van der Waals surface area contributed by atoms with Gasteiger partial charge in [0.15, 0.2) is 0 Å². The predicted octanol–water partition coefficient (Wildman–Crippen LogP) is 3.68. The molecule has 0 aliphatic heterocycles. The highest BCUT2D eigenvalue weighted by Gasteiger charge is 2.01. The molecule has 0 amide bonds. The van der Waals surface area contributed by atoms with E-state index < -0.39 is 0 Å². The molecule has 0 radical (unpaired) electrons. The highest BCUT2D eigenvalue weighted by Crippen LogP contribution is 2.24. The van der Waals surface area contributed by atoms with E-state index in [9.17, 15) is 0 Å². The molecular formula is C16H20ClNO. The van der Waals surface area contributed by atoms with Crippen molar-refractivity contribution in [1.29, 1.82) is 0 Å². The van der Waals surface area contributed by atoms with E-state index >= 15 is 0 Å². The van der Waals surface area contributed by atoms with Crippen molar-refractivity contribution in [2.24, 2.45) is 5.73 Å². The molecule has 2 aromatic rings. The molecule has 0 saturated heterocycles. The fraction of sp³-hybridized carbons (Fsp3) is 0.250. The average Bonchev–Trinajstić information content (AvgIpc) is 2.40. The Labute approximate surface area is 121 Å². The second-order valence-electron chi connectivity index (χ2n) is 4.20. The molecule has 0 heterocycles.